The molecule has 1 aliphatic rings. The van der Waals surface area contributed by atoms with Gasteiger partial charge in [0.25, 0.3) is 0 Å². The van der Waals surface area contributed by atoms with Crippen LogP contribution in [-0.2, 0) is 13.1 Å². The Bertz CT molecular complexity index is 989. The molecule has 0 amide bonds. The molecule has 1 saturated heterocycles. The van der Waals surface area contributed by atoms with Crippen LogP contribution in [0.4, 0.5) is 5.69 Å². The van der Waals surface area contributed by atoms with Crippen LogP contribution in [0.5, 0.6) is 0 Å². The van der Waals surface area contributed by atoms with Crippen LogP contribution in [0, 0.1) is 0 Å². The normalized spacial score (nSPS) is 15.2. The van der Waals surface area contributed by atoms with E-state index in [0.717, 1.165) is 25.6 Å². The summed E-state index contributed by atoms with van der Waals surface area (Å²) in [6, 6.07) is 19.5. The van der Waals surface area contributed by atoms with Crippen LogP contribution >= 0.6 is 0 Å². The van der Waals surface area contributed by atoms with Gasteiger partial charge < -0.3 is 15.5 Å². The first-order valence-corrected chi connectivity index (χ1v) is 11.1. The highest BCUT2D eigenvalue weighted by Crippen LogP contribution is 2.24. The Hall–Kier alpha value is -3.28. The van der Waals surface area contributed by atoms with E-state index in [1.54, 1.807) is 0 Å². The minimum absolute atomic E-state index is 0.167. The molecule has 0 saturated carbocycles. The monoisotopic (exact) mass is 416 g/mol. The van der Waals surface area contributed by atoms with Crippen LogP contribution < -0.4 is 15.5 Å². The highest BCUT2D eigenvalue weighted by atomic mass is 15.3. The lowest BCUT2D eigenvalue weighted by Gasteiger charge is -2.22. The van der Waals surface area contributed by atoms with Gasteiger partial charge in [0.2, 0.25) is 0 Å². The number of nitrogens with zero attached hydrogens (tertiary/aromatic N) is 4. The number of hydrogen-bond acceptors (Lipinski definition) is 3. The van der Waals surface area contributed by atoms with Gasteiger partial charge in [0.15, 0.2) is 5.96 Å². The van der Waals surface area contributed by atoms with Crippen molar-refractivity contribution < 1.29 is 0 Å². The Balaban J connectivity index is 1.34. The van der Waals surface area contributed by atoms with Crippen LogP contribution in [-0.4, -0.2) is 35.9 Å². The van der Waals surface area contributed by atoms with Crippen molar-refractivity contribution in [3.63, 3.8) is 0 Å². The average molecular weight is 417 g/mol. The fourth-order valence-corrected chi connectivity index (χ4v) is 4.05. The van der Waals surface area contributed by atoms with Crippen LogP contribution in [0.25, 0.3) is 0 Å². The SMILES string of the molecule is CN=C(NCc1cccc(Cn2cccn2)c1)NC(C)c1cccc(N2CCCC2)c1. The molecule has 162 valence electrons. The molecule has 1 fully saturated rings. The molecule has 2 N–H and O–H groups in total. The predicted molar refractivity (Wildman–Crippen MR) is 127 cm³/mol. The highest BCUT2D eigenvalue weighted by molar-refractivity contribution is 5.80. The third-order valence-corrected chi connectivity index (χ3v) is 5.77. The molecular formula is C25H32N6. The van der Waals surface area contributed by atoms with Gasteiger partial charge in [0.05, 0.1) is 12.6 Å². The van der Waals surface area contributed by atoms with E-state index in [1.165, 1.54) is 35.2 Å². The van der Waals surface area contributed by atoms with Crippen molar-refractivity contribution in [2.75, 3.05) is 25.0 Å². The molecule has 4 rings (SSSR count). The van der Waals surface area contributed by atoms with E-state index in [0.29, 0.717) is 6.54 Å². The second-order valence-electron chi connectivity index (χ2n) is 8.10. The number of anilines is 1. The molecule has 31 heavy (non-hydrogen) atoms. The molecule has 2 aromatic carbocycles. The zero-order valence-corrected chi connectivity index (χ0v) is 18.5. The number of rotatable bonds is 7. The van der Waals surface area contributed by atoms with Crippen molar-refractivity contribution in [3.05, 3.63) is 83.7 Å². The second kappa shape index (κ2) is 10.2. The van der Waals surface area contributed by atoms with Crippen LogP contribution in [0.3, 0.4) is 0 Å². The molecule has 1 unspecified atom stereocenters. The maximum atomic E-state index is 4.42. The number of aromatic nitrogens is 2. The van der Waals surface area contributed by atoms with Gasteiger partial charge in [-0.15, -0.1) is 0 Å². The standard InChI is InChI=1S/C25H32N6/c1-20(23-10-6-11-24(17-23)30-13-3-4-14-30)29-25(26-2)27-18-21-8-5-9-22(16-21)19-31-15-7-12-28-31/h5-12,15-17,20H,3-4,13-14,18-19H2,1-2H3,(H2,26,27,29). The van der Waals surface area contributed by atoms with Gasteiger partial charge in [0, 0.05) is 44.8 Å². The minimum Gasteiger partial charge on any atom is -0.372 e. The Morgan fingerprint density at radius 1 is 1.06 bits per heavy atom. The van der Waals surface area contributed by atoms with Gasteiger partial charge in [-0.2, -0.15) is 5.10 Å². The van der Waals surface area contributed by atoms with E-state index >= 15 is 0 Å². The lowest BCUT2D eigenvalue weighted by Crippen LogP contribution is -2.38. The Kier molecular flexibility index (Phi) is 6.87. The Morgan fingerprint density at radius 3 is 2.65 bits per heavy atom. The summed E-state index contributed by atoms with van der Waals surface area (Å²) in [4.78, 5) is 6.89. The van der Waals surface area contributed by atoms with Gasteiger partial charge in [-0.1, -0.05) is 36.4 Å². The first kappa shape index (κ1) is 21.0. The lowest BCUT2D eigenvalue weighted by molar-refractivity contribution is 0.680. The summed E-state index contributed by atoms with van der Waals surface area (Å²) < 4.78 is 1.94. The molecule has 6 nitrogen and oxygen atoms in total. The third kappa shape index (κ3) is 5.66. The summed E-state index contributed by atoms with van der Waals surface area (Å²) in [6.45, 7) is 5.99. The van der Waals surface area contributed by atoms with Crippen molar-refractivity contribution in [3.8, 4) is 0 Å². The predicted octanol–water partition coefficient (Wildman–Crippen LogP) is 3.96. The summed E-state index contributed by atoms with van der Waals surface area (Å²) in [7, 11) is 1.82. The molecule has 0 bridgehead atoms. The quantitative estimate of drug-likeness (QED) is 0.452. The number of guanidine groups is 1. The summed E-state index contributed by atoms with van der Waals surface area (Å²) >= 11 is 0. The smallest absolute Gasteiger partial charge is 0.191 e. The first-order valence-electron chi connectivity index (χ1n) is 11.1. The lowest BCUT2D eigenvalue weighted by atomic mass is 10.1. The summed E-state index contributed by atoms with van der Waals surface area (Å²) in [6.07, 6.45) is 6.37. The molecule has 3 aromatic rings. The topological polar surface area (TPSA) is 57.5 Å². The molecular weight excluding hydrogens is 384 g/mol. The summed E-state index contributed by atoms with van der Waals surface area (Å²) in [5, 5.41) is 11.3. The maximum absolute atomic E-state index is 4.42. The van der Waals surface area contributed by atoms with Crippen LogP contribution in [0.15, 0.2) is 72.0 Å². The van der Waals surface area contributed by atoms with E-state index in [2.05, 4.69) is 81.1 Å². The van der Waals surface area contributed by atoms with Crippen molar-refractivity contribution >= 4 is 11.6 Å². The summed E-state index contributed by atoms with van der Waals surface area (Å²) in [5.74, 6) is 0.802. The zero-order valence-electron chi connectivity index (χ0n) is 18.5. The Morgan fingerprint density at radius 2 is 1.87 bits per heavy atom. The van der Waals surface area contributed by atoms with Gasteiger partial charge in [-0.25, -0.2) is 0 Å². The fourth-order valence-electron chi connectivity index (χ4n) is 4.05. The van der Waals surface area contributed by atoms with Gasteiger partial charge >= 0.3 is 0 Å². The number of aliphatic imine (C=N–C) groups is 1. The molecule has 0 radical (unpaired) electrons. The van der Waals surface area contributed by atoms with Crippen LogP contribution in [0.1, 0.15) is 42.5 Å². The Labute approximate surface area is 185 Å². The molecule has 2 heterocycles. The highest BCUT2D eigenvalue weighted by Gasteiger charge is 2.14. The average Bonchev–Trinajstić information content (AvgIpc) is 3.51. The van der Waals surface area contributed by atoms with E-state index in [9.17, 15) is 0 Å². The van der Waals surface area contributed by atoms with E-state index in [-0.39, 0.29) is 6.04 Å². The number of nitrogens with one attached hydrogen (secondary N) is 2. The largest absolute Gasteiger partial charge is 0.372 e. The van der Waals surface area contributed by atoms with Gasteiger partial charge in [0.1, 0.15) is 0 Å². The zero-order chi connectivity index (χ0) is 21.5. The fraction of sp³-hybridized carbons (Fsp3) is 0.360. The van der Waals surface area contributed by atoms with Crippen molar-refractivity contribution in [1.29, 1.82) is 0 Å². The van der Waals surface area contributed by atoms with Gasteiger partial charge in [-0.3, -0.25) is 9.67 Å². The molecule has 0 spiro atoms. The molecule has 1 atom stereocenters. The van der Waals surface area contributed by atoms with E-state index < -0.39 is 0 Å². The first-order chi connectivity index (χ1) is 15.2. The third-order valence-electron chi connectivity index (χ3n) is 5.77. The van der Waals surface area contributed by atoms with Crippen LogP contribution in [0.2, 0.25) is 0 Å². The summed E-state index contributed by atoms with van der Waals surface area (Å²) in [5.41, 5.74) is 5.04. The molecule has 1 aromatic heterocycles. The second-order valence-corrected chi connectivity index (χ2v) is 8.10. The number of benzene rings is 2. The molecule has 0 aliphatic carbocycles. The molecule has 1 aliphatic heterocycles. The van der Waals surface area contributed by atoms with E-state index in [1.807, 2.05) is 30.2 Å². The maximum Gasteiger partial charge on any atom is 0.191 e. The molecule has 6 heteroatoms. The number of hydrogen-bond donors (Lipinski definition) is 2. The van der Waals surface area contributed by atoms with Crippen molar-refractivity contribution in [2.24, 2.45) is 4.99 Å². The van der Waals surface area contributed by atoms with Crippen molar-refractivity contribution in [2.45, 2.75) is 38.9 Å². The minimum atomic E-state index is 0.167. The van der Waals surface area contributed by atoms with Crippen molar-refractivity contribution in [1.82, 2.24) is 20.4 Å². The van der Waals surface area contributed by atoms with Gasteiger partial charge in [-0.05, 0) is 54.7 Å². The van der Waals surface area contributed by atoms with E-state index in [4.69, 9.17) is 0 Å².